The van der Waals surface area contributed by atoms with Crippen LogP contribution in [0.15, 0.2) is 0 Å². The molecule has 0 aromatic carbocycles. The van der Waals surface area contributed by atoms with Crippen LogP contribution in [-0.4, -0.2) is 37.5 Å². The number of hydrogen-bond donors (Lipinski definition) is 2. The van der Waals surface area contributed by atoms with E-state index in [1.54, 1.807) is 7.11 Å². The molecular formula is C12H27NO2. The monoisotopic (exact) mass is 217 g/mol. The summed E-state index contributed by atoms with van der Waals surface area (Å²) in [4.78, 5) is 0. The smallest absolute Gasteiger partial charge is 0.0615 e. The number of hydrogen-bond acceptors (Lipinski definition) is 3. The van der Waals surface area contributed by atoms with Crippen molar-refractivity contribution in [2.75, 3.05) is 20.3 Å². The minimum atomic E-state index is -0.232. The maximum absolute atomic E-state index is 9.36. The van der Waals surface area contributed by atoms with Gasteiger partial charge >= 0.3 is 0 Å². The zero-order chi connectivity index (χ0) is 11.9. The van der Waals surface area contributed by atoms with Crippen LogP contribution in [0.4, 0.5) is 0 Å². The summed E-state index contributed by atoms with van der Waals surface area (Å²) in [7, 11) is 1.73. The molecule has 0 radical (unpaired) electrons. The van der Waals surface area contributed by atoms with Crippen molar-refractivity contribution < 1.29 is 9.84 Å². The van der Waals surface area contributed by atoms with Gasteiger partial charge < -0.3 is 15.2 Å². The number of rotatable bonds is 8. The van der Waals surface area contributed by atoms with Gasteiger partial charge in [0.2, 0.25) is 0 Å². The fourth-order valence-corrected chi connectivity index (χ4v) is 1.81. The van der Waals surface area contributed by atoms with E-state index in [2.05, 4.69) is 26.1 Å². The van der Waals surface area contributed by atoms with E-state index in [1.807, 2.05) is 6.92 Å². The first-order valence-corrected chi connectivity index (χ1v) is 5.81. The van der Waals surface area contributed by atoms with Crippen molar-refractivity contribution in [3.63, 3.8) is 0 Å². The Kier molecular flexibility index (Phi) is 7.14. The van der Waals surface area contributed by atoms with Crippen molar-refractivity contribution >= 4 is 0 Å². The third kappa shape index (κ3) is 7.77. The molecule has 0 amide bonds. The lowest BCUT2D eigenvalue weighted by molar-refractivity contribution is 0.117. The Labute approximate surface area is 94.2 Å². The molecule has 0 saturated carbocycles. The number of ether oxygens (including phenoxy) is 1. The van der Waals surface area contributed by atoms with Crippen LogP contribution in [-0.2, 0) is 4.74 Å². The second-order valence-corrected chi connectivity index (χ2v) is 5.16. The maximum Gasteiger partial charge on any atom is 0.0615 e. The van der Waals surface area contributed by atoms with E-state index in [0.717, 1.165) is 26.0 Å². The number of methoxy groups -OCH3 is 1. The summed E-state index contributed by atoms with van der Waals surface area (Å²) in [6.07, 6.45) is 1.66. The Morgan fingerprint density at radius 2 is 2.00 bits per heavy atom. The van der Waals surface area contributed by atoms with Gasteiger partial charge in [0.25, 0.3) is 0 Å². The van der Waals surface area contributed by atoms with Crippen LogP contribution >= 0.6 is 0 Å². The third-order valence-corrected chi connectivity index (χ3v) is 2.58. The molecule has 0 bridgehead atoms. The molecule has 0 saturated heterocycles. The van der Waals surface area contributed by atoms with E-state index in [4.69, 9.17) is 4.74 Å². The largest absolute Gasteiger partial charge is 0.393 e. The number of nitrogens with one attached hydrogen (secondary N) is 1. The van der Waals surface area contributed by atoms with Gasteiger partial charge in [0.05, 0.1) is 12.7 Å². The summed E-state index contributed by atoms with van der Waals surface area (Å²) in [6.45, 7) is 10.0. The van der Waals surface area contributed by atoms with Crippen LogP contribution in [0.1, 0.15) is 40.5 Å². The molecule has 0 aromatic rings. The lowest BCUT2D eigenvalue weighted by Gasteiger charge is -2.29. The SMILES string of the molecule is CCC(COC)NCC(C)(C)CC(C)O. The molecule has 0 aliphatic carbocycles. The van der Waals surface area contributed by atoms with Crippen LogP contribution in [0.5, 0.6) is 0 Å². The normalized spacial score (nSPS) is 16.4. The predicted molar refractivity (Wildman–Crippen MR) is 64.0 cm³/mol. The Hall–Kier alpha value is -0.120. The standard InChI is InChI=1S/C12H27NO2/c1-6-11(8-15-5)13-9-12(3,4)7-10(2)14/h10-11,13-14H,6-9H2,1-5H3. The van der Waals surface area contributed by atoms with Gasteiger partial charge in [-0.3, -0.25) is 0 Å². The lowest BCUT2D eigenvalue weighted by Crippen LogP contribution is -2.40. The van der Waals surface area contributed by atoms with E-state index in [0.29, 0.717) is 6.04 Å². The van der Waals surface area contributed by atoms with Gasteiger partial charge in [0.1, 0.15) is 0 Å². The molecule has 0 aliphatic heterocycles. The van der Waals surface area contributed by atoms with Crippen molar-refractivity contribution in [3.05, 3.63) is 0 Å². The third-order valence-electron chi connectivity index (χ3n) is 2.58. The molecule has 0 fully saturated rings. The quantitative estimate of drug-likeness (QED) is 0.651. The Bertz CT molecular complexity index is 158. The second kappa shape index (κ2) is 7.20. The highest BCUT2D eigenvalue weighted by Crippen LogP contribution is 2.21. The van der Waals surface area contributed by atoms with Crippen LogP contribution in [0.2, 0.25) is 0 Å². The zero-order valence-electron chi connectivity index (χ0n) is 10.8. The topological polar surface area (TPSA) is 41.5 Å². The highest BCUT2D eigenvalue weighted by molar-refractivity contribution is 4.76. The van der Waals surface area contributed by atoms with E-state index in [1.165, 1.54) is 0 Å². The van der Waals surface area contributed by atoms with Gasteiger partial charge in [-0.25, -0.2) is 0 Å². The molecule has 0 aliphatic rings. The molecular weight excluding hydrogens is 190 g/mol. The van der Waals surface area contributed by atoms with Crippen molar-refractivity contribution in [1.82, 2.24) is 5.32 Å². The van der Waals surface area contributed by atoms with Crippen molar-refractivity contribution in [2.45, 2.75) is 52.7 Å². The fourth-order valence-electron chi connectivity index (χ4n) is 1.81. The van der Waals surface area contributed by atoms with Crippen molar-refractivity contribution in [3.8, 4) is 0 Å². The van der Waals surface area contributed by atoms with E-state index < -0.39 is 0 Å². The second-order valence-electron chi connectivity index (χ2n) is 5.16. The van der Waals surface area contributed by atoms with Gasteiger partial charge in [-0.1, -0.05) is 20.8 Å². The molecule has 0 heterocycles. The minimum Gasteiger partial charge on any atom is -0.393 e. The van der Waals surface area contributed by atoms with Gasteiger partial charge in [-0.2, -0.15) is 0 Å². The average Bonchev–Trinajstić information content (AvgIpc) is 2.10. The van der Waals surface area contributed by atoms with E-state index >= 15 is 0 Å². The first-order valence-electron chi connectivity index (χ1n) is 5.81. The lowest BCUT2D eigenvalue weighted by atomic mass is 9.86. The molecule has 92 valence electrons. The highest BCUT2D eigenvalue weighted by atomic mass is 16.5. The van der Waals surface area contributed by atoms with Crippen LogP contribution in [0.25, 0.3) is 0 Å². The maximum atomic E-state index is 9.36. The summed E-state index contributed by atoms with van der Waals surface area (Å²) in [5, 5.41) is 12.8. The zero-order valence-corrected chi connectivity index (χ0v) is 10.8. The van der Waals surface area contributed by atoms with E-state index in [9.17, 15) is 5.11 Å². The van der Waals surface area contributed by atoms with Gasteiger partial charge in [-0.05, 0) is 25.2 Å². The first kappa shape index (κ1) is 14.9. The van der Waals surface area contributed by atoms with E-state index in [-0.39, 0.29) is 11.5 Å². The van der Waals surface area contributed by atoms with Gasteiger partial charge in [-0.15, -0.1) is 0 Å². The molecule has 0 aromatic heterocycles. The molecule has 0 spiro atoms. The summed E-state index contributed by atoms with van der Waals surface area (Å²) < 4.78 is 5.13. The fraction of sp³-hybridized carbons (Fsp3) is 1.00. The number of aliphatic hydroxyl groups is 1. The summed E-state index contributed by atoms with van der Waals surface area (Å²) in [5.74, 6) is 0. The molecule has 15 heavy (non-hydrogen) atoms. The average molecular weight is 217 g/mol. The molecule has 3 nitrogen and oxygen atoms in total. The Morgan fingerprint density at radius 1 is 1.40 bits per heavy atom. The highest BCUT2D eigenvalue weighted by Gasteiger charge is 2.21. The minimum absolute atomic E-state index is 0.134. The molecule has 3 heteroatoms. The van der Waals surface area contributed by atoms with Crippen molar-refractivity contribution in [2.24, 2.45) is 5.41 Å². The van der Waals surface area contributed by atoms with Crippen LogP contribution < -0.4 is 5.32 Å². The molecule has 0 rings (SSSR count). The molecule has 2 N–H and O–H groups in total. The Balaban J connectivity index is 3.89. The molecule has 2 atom stereocenters. The van der Waals surface area contributed by atoms with Crippen LogP contribution in [0, 0.1) is 5.41 Å². The Morgan fingerprint density at radius 3 is 2.40 bits per heavy atom. The van der Waals surface area contributed by atoms with Crippen LogP contribution in [0.3, 0.4) is 0 Å². The molecule has 2 unspecified atom stereocenters. The summed E-state index contributed by atoms with van der Waals surface area (Å²) in [6, 6.07) is 0.420. The summed E-state index contributed by atoms with van der Waals surface area (Å²) in [5.41, 5.74) is 0.134. The summed E-state index contributed by atoms with van der Waals surface area (Å²) >= 11 is 0. The van der Waals surface area contributed by atoms with Crippen molar-refractivity contribution in [1.29, 1.82) is 0 Å². The van der Waals surface area contributed by atoms with Gasteiger partial charge in [0, 0.05) is 19.7 Å². The number of aliphatic hydroxyl groups excluding tert-OH is 1. The van der Waals surface area contributed by atoms with Gasteiger partial charge in [0.15, 0.2) is 0 Å². The predicted octanol–water partition coefficient (Wildman–Crippen LogP) is 1.80. The first-order chi connectivity index (χ1) is 6.91.